The minimum atomic E-state index is 0.196. The number of nitrogens with one attached hydrogen (secondary N) is 1. The Bertz CT molecular complexity index is 334. The van der Waals surface area contributed by atoms with E-state index in [4.69, 9.17) is 0 Å². The molecule has 106 valence electrons. The van der Waals surface area contributed by atoms with Crippen LogP contribution in [0.15, 0.2) is 0 Å². The lowest BCUT2D eigenvalue weighted by atomic mass is 9.48. The van der Waals surface area contributed by atoms with E-state index in [0.717, 1.165) is 37.1 Å². The first-order valence-electron chi connectivity index (χ1n) is 8.49. The largest absolute Gasteiger partial charge is 0.307 e. The van der Waals surface area contributed by atoms with Gasteiger partial charge in [0, 0.05) is 6.42 Å². The summed E-state index contributed by atoms with van der Waals surface area (Å²) in [5.74, 6) is 3.46. The molecule has 0 aromatic carbocycles. The van der Waals surface area contributed by atoms with Crippen LogP contribution < -0.4 is 5.32 Å². The Kier molecular flexibility index (Phi) is 2.98. The highest BCUT2D eigenvalue weighted by Crippen LogP contribution is 2.61. The van der Waals surface area contributed by atoms with Gasteiger partial charge in [0.25, 0.3) is 0 Å². The Morgan fingerprint density at radius 2 is 1.63 bits per heavy atom. The van der Waals surface area contributed by atoms with Gasteiger partial charge in [-0.15, -0.1) is 0 Å². The summed E-state index contributed by atoms with van der Waals surface area (Å²) in [6, 6.07) is 0.196. The van der Waals surface area contributed by atoms with Crippen LogP contribution in [0.5, 0.6) is 0 Å². The molecule has 1 unspecified atom stereocenters. The third-order valence-electron chi connectivity index (χ3n) is 6.41. The molecular weight excluding hydrogens is 234 g/mol. The molecule has 5 fully saturated rings. The van der Waals surface area contributed by atoms with Gasteiger partial charge in [0.15, 0.2) is 0 Å². The molecule has 4 bridgehead atoms. The van der Waals surface area contributed by atoms with Gasteiger partial charge in [0.05, 0.1) is 6.04 Å². The minimum Gasteiger partial charge on any atom is -0.307 e. The summed E-state index contributed by atoms with van der Waals surface area (Å²) < 4.78 is 0. The third-order valence-corrected chi connectivity index (χ3v) is 6.41. The Morgan fingerprint density at radius 1 is 1.00 bits per heavy atom. The highest BCUT2D eigenvalue weighted by Gasteiger charge is 2.51. The summed E-state index contributed by atoms with van der Waals surface area (Å²) in [6.45, 7) is 1.05. The number of carbonyl (C=O) groups excluding carboxylic acids is 1. The van der Waals surface area contributed by atoms with Crippen molar-refractivity contribution in [2.75, 3.05) is 6.54 Å². The van der Waals surface area contributed by atoms with E-state index in [2.05, 4.69) is 5.32 Å². The third kappa shape index (κ3) is 2.26. The quantitative estimate of drug-likeness (QED) is 0.844. The normalized spacial score (nSPS) is 48.4. The molecule has 0 aromatic heterocycles. The topological polar surface area (TPSA) is 29.1 Å². The summed E-state index contributed by atoms with van der Waals surface area (Å²) in [4.78, 5) is 12.6. The van der Waals surface area contributed by atoms with Gasteiger partial charge in [-0.2, -0.15) is 0 Å². The number of hydrogen-bond acceptors (Lipinski definition) is 2. The van der Waals surface area contributed by atoms with Gasteiger partial charge in [-0.1, -0.05) is 6.42 Å². The molecule has 19 heavy (non-hydrogen) atoms. The van der Waals surface area contributed by atoms with Crippen molar-refractivity contribution in [1.82, 2.24) is 5.32 Å². The van der Waals surface area contributed by atoms with Gasteiger partial charge in [0.1, 0.15) is 5.78 Å². The molecule has 2 heteroatoms. The van der Waals surface area contributed by atoms with Crippen molar-refractivity contribution in [3.05, 3.63) is 0 Å². The van der Waals surface area contributed by atoms with Crippen LogP contribution in [-0.2, 0) is 4.79 Å². The van der Waals surface area contributed by atoms with Gasteiger partial charge >= 0.3 is 0 Å². The molecular formula is C17H27NO. The van der Waals surface area contributed by atoms with Crippen molar-refractivity contribution < 1.29 is 4.79 Å². The van der Waals surface area contributed by atoms with Crippen molar-refractivity contribution >= 4 is 5.78 Å². The minimum absolute atomic E-state index is 0.196. The van der Waals surface area contributed by atoms with Gasteiger partial charge in [-0.25, -0.2) is 0 Å². The first kappa shape index (κ1) is 12.4. The van der Waals surface area contributed by atoms with E-state index < -0.39 is 0 Å². The SMILES string of the molecule is O=C(CC12CC3CC(CC(C3)C1)C2)C1CCCCN1. The van der Waals surface area contributed by atoms with Crippen LogP contribution in [0.4, 0.5) is 0 Å². The Hall–Kier alpha value is -0.370. The number of Topliss-reactive ketones (excluding diaryl/α,β-unsaturated/α-hetero) is 1. The molecule has 4 aliphatic carbocycles. The van der Waals surface area contributed by atoms with Crippen molar-refractivity contribution in [3.8, 4) is 0 Å². The van der Waals surface area contributed by atoms with Crippen molar-refractivity contribution in [3.63, 3.8) is 0 Å². The predicted octanol–water partition coefficient (Wildman–Crippen LogP) is 3.30. The molecule has 0 spiro atoms. The smallest absolute Gasteiger partial charge is 0.150 e. The van der Waals surface area contributed by atoms with Crippen LogP contribution in [0.3, 0.4) is 0 Å². The van der Waals surface area contributed by atoms with Crippen molar-refractivity contribution in [2.45, 2.75) is 70.3 Å². The Balaban J connectivity index is 1.45. The average molecular weight is 261 g/mol. The predicted molar refractivity (Wildman–Crippen MR) is 75.9 cm³/mol. The molecule has 4 saturated carbocycles. The Labute approximate surface area is 116 Å². The molecule has 0 amide bonds. The number of piperidine rings is 1. The zero-order chi connectivity index (χ0) is 12.9. The van der Waals surface area contributed by atoms with Crippen LogP contribution in [-0.4, -0.2) is 18.4 Å². The molecule has 1 saturated heterocycles. The second-order valence-electron chi connectivity index (χ2n) is 8.06. The molecule has 5 rings (SSSR count). The summed E-state index contributed by atoms with van der Waals surface area (Å²) in [7, 11) is 0. The second-order valence-corrected chi connectivity index (χ2v) is 8.06. The number of hydrogen-bond donors (Lipinski definition) is 1. The molecule has 0 radical (unpaired) electrons. The van der Waals surface area contributed by atoms with E-state index in [1.165, 1.54) is 51.4 Å². The van der Waals surface area contributed by atoms with Gasteiger partial charge < -0.3 is 5.32 Å². The van der Waals surface area contributed by atoms with E-state index in [-0.39, 0.29) is 6.04 Å². The molecule has 5 aliphatic rings. The molecule has 1 N–H and O–H groups in total. The van der Waals surface area contributed by atoms with Crippen molar-refractivity contribution in [1.29, 1.82) is 0 Å². The average Bonchev–Trinajstić information content (AvgIpc) is 2.37. The highest BCUT2D eigenvalue weighted by molar-refractivity contribution is 5.84. The number of ketones is 1. The van der Waals surface area contributed by atoms with Crippen LogP contribution in [0, 0.1) is 23.2 Å². The van der Waals surface area contributed by atoms with Gasteiger partial charge in [-0.3, -0.25) is 4.79 Å². The maximum atomic E-state index is 12.6. The summed E-state index contributed by atoms with van der Waals surface area (Å²) in [6.07, 6.45) is 13.0. The molecule has 1 atom stereocenters. The monoisotopic (exact) mass is 261 g/mol. The van der Waals surface area contributed by atoms with Crippen molar-refractivity contribution in [2.24, 2.45) is 23.2 Å². The van der Waals surface area contributed by atoms with Crippen LogP contribution in [0.1, 0.15) is 64.2 Å². The van der Waals surface area contributed by atoms with Crippen LogP contribution in [0.25, 0.3) is 0 Å². The van der Waals surface area contributed by atoms with Gasteiger partial charge in [0.2, 0.25) is 0 Å². The fourth-order valence-corrected chi connectivity index (χ4v) is 6.13. The highest BCUT2D eigenvalue weighted by atomic mass is 16.1. The molecule has 1 heterocycles. The first-order valence-corrected chi connectivity index (χ1v) is 8.49. The Morgan fingerprint density at radius 3 is 2.16 bits per heavy atom. The fourth-order valence-electron chi connectivity index (χ4n) is 6.13. The zero-order valence-corrected chi connectivity index (χ0v) is 12.0. The van der Waals surface area contributed by atoms with Crippen LogP contribution >= 0.6 is 0 Å². The lowest BCUT2D eigenvalue weighted by molar-refractivity contribution is -0.129. The van der Waals surface area contributed by atoms with E-state index >= 15 is 0 Å². The maximum Gasteiger partial charge on any atom is 0.150 e. The zero-order valence-electron chi connectivity index (χ0n) is 12.0. The second kappa shape index (κ2) is 4.58. The lowest BCUT2D eigenvalue weighted by Crippen LogP contribution is -2.49. The van der Waals surface area contributed by atoms with Gasteiger partial charge in [-0.05, 0) is 81.1 Å². The van der Waals surface area contributed by atoms with E-state index in [1.54, 1.807) is 0 Å². The summed E-state index contributed by atoms with van der Waals surface area (Å²) in [5.41, 5.74) is 0.435. The lowest BCUT2D eigenvalue weighted by Gasteiger charge is -2.57. The standard InChI is InChI=1S/C17H27NO/c19-16(15-3-1-2-4-18-15)11-17-8-12-5-13(9-17)7-14(6-12)10-17/h12-15,18H,1-11H2. The maximum absolute atomic E-state index is 12.6. The summed E-state index contributed by atoms with van der Waals surface area (Å²) in [5, 5.41) is 3.45. The fraction of sp³-hybridized carbons (Fsp3) is 0.941. The van der Waals surface area contributed by atoms with E-state index in [0.29, 0.717) is 11.2 Å². The molecule has 0 aromatic rings. The molecule has 1 aliphatic heterocycles. The summed E-state index contributed by atoms with van der Waals surface area (Å²) >= 11 is 0. The van der Waals surface area contributed by atoms with E-state index in [1.807, 2.05) is 0 Å². The number of rotatable bonds is 3. The van der Waals surface area contributed by atoms with Crippen LogP contribution in [0.2, 0.25) is 0 Å². The first-order chi connectivity index (χ1) is 9.22. The number of carbonyl (C=O) groups is 1. The van der Waals surface area contributed by atoms with E-state index in [9.17, 15) is 4.79 Å². The molecule has 2 nitrogen and oxygen atoms in total.